The lowest BCUT2D eigenvalue weighted by Crippen LogP contribution is -2.43. The van der Waals surface area contributed by atoms with E-state index in [4.69, 9.17) is 4.74 Å². The molecule has 2 heterocycles. The Morgan fingerprint density at radius 1 is 1.08 bits per heavy atom. The molecule has 2 amide bonds. The molecule has 1 saturated heterocycles. The van der Waals surface area contributed by atoms with E-state index in [0.717, 1.165) is 27.7 Å². The molecule has 4 rings (SSSR count). The van der Waals surface area contributed by atoms with Crippen LogP contribution in [-0.4, -0.2) is 47.0 Å². The number of nitrogens with zero attached hydrogens (tertiary/aromatic N) is 3. The van der Waals surface area contributed by atoms with Crippen molar-refractivity contribution in [3.05, 3.63) is 48.7 Å². The molecule has 6 heteroatoms. The van der Waals surface area contributed by atoms with Crippen LogP contribution >= 0.6 is 0 Å². The highest BCUT2D eigenvalue weighted by molar-refractivity contribution is 5.90. The monoisotopic (exact) mass is 336 g/mol. The Morgan fingerprint density at radius 3 is 2.56 bits per heavy atom. The molecule has 0 saturated carbocycles. The summed E-state index contributed by atoms with van der Waals surface area (Å²) in [5.41, 5.74) is 4.12. The minimum atomic E-state index is -0.0765. The van der Waals surface area contributed by atoms with Gasteiger partial charge in [0.2, 0.25) is 0 Å². The normalized spacial score (nSPS) is 14.7. The van der Waals surface area contributed by atoms with Crippen molar-refractivity contribution < 1.29 is 9.53 Å². The van der Waals surface area contributed by atoms with Gasteiger partial charge in [-0.25, -0.2) is 4.79 Å². The van der Waals surface area contributed by atoms with Crippen LogP contribution in [0, 0.1) is 0 Å². The standard InChI is InChI=1S/C19H20N4O2/c1-22-18-12-15(2-3-16(18)13-20-22)14-4-6-17(7-5-14)21-19(24)23-8-10-25-11-9-23/h2-7,12-13H,8-11H2,1H3,(H,21,24). The lowest BCUT2D eigenvalue weighted by molar-refractivity contribution is 0.0564. The molecule has 0 bridgehead atoms. The third-order valence-electron chi connectivity index (χ3n) is 4.52. The summed E-state index contributed by atoms with van der Waals surface area (Å²) in [6, 6.07) is 14.1. The van der Waals surface area contributed by atoms with Crippen LogP contribution in [0.4, 0.5) is 10.5 Å². The summed E-state index contributed by atoms with van der Waals surface area (Å²) in [4.78, 5) is 14.0. The number of amides is 2. The Balaban J connectivity index is 1.50. The topological polar surface area (TPSA) is 59.4 Å². The molecule has 6 nitrogen and oxygen atoms in total. The molecule has 1 aromatic heterocycles. The van der Waals surface area contributed by atoms with Gasteiger partial charge in [0, 0.05) is 31.2 Å². The van der Waals surface area contributed by atoms with Gasteiger partial charge in [0.1, 0.15) is 0 Å². The Labute approximate surface area is 146 Å². The van der Waals surface area contributed by atoms with Gasteiger partial charge in [-0.15, -0.1) is 0 Å². The lowest BCUT2D eigenvalue weighted by Gasteiger charge is -2.26. The molecule has 1 aliphatic rings. The van der Waals surface area contributed by atoms with Crippen molar-refractivity contribution in [1.82, 2.24) is 14.7 Å². The highest BCUT2D eigenvalue weighted by Gasteiger charge is 2.16. The summed E-state index contributed by atoms with van der Waals surface area (Å²) in [6.45, 7) is 2.47. The number of ether oxygens (including phenoxy) is 1. The minimum Gasteiger partial charge on any atom is -0.378 e. The molecule has 0 aliphatic carbocycles. The smallest absolute Gasteiger partial charge is 0.321 e. The van der Waals surface area contributed by atoms with E-state index in [1.165, 1.54) is 0 Å². The van der Waals surface area contributed by atoms with Crippen LogP contribution < -0.4 is 5.32 Å². The van der Waals surface area contributed by atoms with Crippen molar-refractivity contribution in [2.45, 2.75) is 0 Å². The number of carbonyl (C=O) groups is 1. The zero-order valence-corrected chi connectivity index (χ0v) is 14.1. The Kier molecular flexibility index (Phi) is 4.11. The van der Waals surface area contributed by atoms with Gasteiger partial charge in [0.05, 0.1) is 24.9 Å². The van der Waals surface area contributed by atoms with E-state index in [-0.39, 0.29) is 6.03 Å². The molecular weight excluding hydrogens is 316 g/mol. The number of benzene rings is 2. The fraction of sp³-hybridized carbons (Fsp3) is 0.263. The number of morpholine rings is 1. The summed E-state index contributed by atoms with van der Waals surface area (Å²) in [6.07, 6.45) is 1.86. The number of aryl methyl sites for hydroxylation is 1. The Morgan fingerprint density at radius 2 is 1.80 bits per heavy atom. The summed E-state index contributed by atoms with van der Waals surface area (Å²) < 4.78 is 7.14. The average Bonchev–Trinajstić information content (AvgIpc) is 3.03. The van der Waals surface area contributed by atoms with E-state index < -0.39 is 0 Å². The number of fused-ring (bicyclic) bond motifs is 1. The first kappa shape index (κ1) is 15.7. The van der Waals surface area contributed by atoms with E-state index in [2.05, 4.69) is 28.6 Å². The number of carbonyl (C=O) groups excluding carboxylic acids is 1. The van der Waals surface area contributed by atoms with Gasteiger partial charge in [0.15, 0.2) is 0 Å². The number of nitrogens with one attached hydrogen (secondary N) is 1. The largest absolute Gasteiger partial charge is 0.378 e. The SMILES string of the molecule is Cn1ncc2ccc(-c3ccc(NC(=O)N4CCOCC4)cc3)cc21. The zero-order valence-electron chi connectivity index (χ0n) is 14.1. The van der Waals surface area contributed by atoms with Gasteiger partial charge < -0.3 is 15.0 Å². The number of urea groups is 1. The zero-order chi connectivity index (χ0) is 17.2. The van der Waals surface area contributed by atoms with Crippen LogP contribution in [0.15, 0.2) is 48.7 Å². The van der Waals surface area contributed by atoms with Crippen LogP contribution in [0.3, 0.4) is 0 Å². The molecule has 128 valence electrons. The van der Waals surface area contributed by atoms with E-state index in [0.29, 0.717) is 26.3 Å². The molecule has 0 atom stereocenters. The maximum atomic E-state index is 12.2. The molecule has 0 unspecified atom stereocenters. The predicted molar refractivity (Wildman–Crippen MR) is 97.6 cm³/mol. The number of hydrogen-bond donors (Lipinski definition) is 1. The maximum absolute atomic E-state index is 12.2. The second-order valence-electron chi connectivity index (χ2n) is 6.15. The molecule has 0 spiro atoms. The number of hydrogen-bond acceptors (Lipinski definition) is 3. The molecule has 1 aliphatic heterocycles. The minimum absolute atomic E-state index is 0.0765. The van der Waals surface area contributed by atoms with Gasteiger partial charge in [-0.2, -0.15) is 5.10 Å². The molecule has 1 N–H and O–H groups in total. The molecule has 1 fully saturated rings. The second-order valence-corrected chi connectivity index (χ2v) is 6.15. The van der Waals surface area contributed by atoms with E-state index in [1.54, 1.807) is 4.90 Å². The van der Waals surface area contributed by atoms with E-state index >= 15 is 0 Å². The van der Waals surface area contributed by atoms with Gasteiger partial charge >= 0.3 is 6.03 Å². The fourth-order valence-corrected chi connectivity index (χ4v) is 3.04. The number of rotatable bonds is 2. The molecule has 2 aromatic carbocycles. The first-order chi connectivity index (χ1) is 12.2. The molecule has 0 radical (unpaired) electrons. The lowest BCUT2D eigenvalue weighted by atomic mass is 10.0. The molecule has 3 aromatic rings. The van der Waals surface area contributed by atoms with Crippen molar-refractivity contribution >= 4 is 22.6 Å². The highest BCUT2D eigenvalue weighted by Crippen LogP contribution is 2.25. The van der Waals surface area contributed by atoms with Crippen molar-refractivity contribution in [2.75, 3.05) is 31.6 Å². The van der Waals surface area contributed by atoms with Crippen LogP contribution in [0.1, 0.15) is 0 Å². The van der Waals surface area contributed by atoms with Crippen LogP contribution in [-0.2, 0) is 11.8 Å². The molecule has 25 heavy (non-hydrogen) atoms. The fourth-order valence-electron chi connectivity index (χ4n) is 3.04. The average molecular weight is 336 g/mol. The highest BCUT2D eigenvalue weighted by atomic mass is 16.5. The van der Waals surface area contributed by atoms with Gasteiger partial charge in [0.25, 0.3) is 0 Å². The third-order valence-corrected chi connectivity index (χ3v) is 4.52. The third kappa shape index (κ3) is 3.21. The summed E-state index contributed by atoms with van der Waals surface area (Å²) in [5.74, 6) is 0. The summed E-state index contributed by atoms with van der Waals surface area (Å²) in [5, 5.41) is 8.35. The molecular formula is C19H20N4O2. The number of anilines is 1. The van der Waals surface area contributed by atoms with Gasteiger partial charge in [-0.1, -0.05) is 24.3 Å². The van der Waals surface area contributed by atoms with E-state index in [9.17, 15) is 4.79 Å². The van der Waals surface area contributed by atoms with Crippen LogP contribution in [0.25, 0.3) is 22.0 Å². The first-order valence-electron chi connectivity index (χ1n) is 8.36. The first-order valence-corrected chi connectivity index (χ1v) is 8.36. The quantitative estimate of drug-likeness (QED) is 0.782. The van der Waals surface area contributed by atoms with Gasteiger partial charge in [-0.05, 0) is 29.3 Å². The van der Waals surface area contributed by atoms with Crippen molar-refractivity contribution in [2.24, 2.45) is 7.05 Å². The van der Waals surface area contributed by atoms with Crippen LogP contribution in [0.5, 0.6) is 0 Å². The van der Waals surface area contributed by atoms with Crippen molar-refractivity contribution in [1.29, 1.82) is 0 Å². The summed E-state index contributed by atoms with van der Waals surface area (Å²) in [7, 11) is 1.94. The Bertz CT molecular complexity index is 895. The van der Waals surface area contributed by atoms with E-state index in [1.807, 2.05) is 42.2 Å². The second kappa shape index (κ2) is 6.57. The van der Waals surface area contributed by atoms with Crippen molar-refractivity contribution in [3.63, 3.8) is 0 Å². The summed E-state index contributed by atoms with van der Waals surface area (Å²) >= 11 is 0. The van der Waals surface area contributed by atoms with Crippen molar-refractivity contribution in [3.8, 4) is 11.1 Å². The maximum Gasteiger partial charge on any atom is 0.321 e. The number of aromatic nitrogens is 2. The van der Waals surface area contributed by atoms with Gasteiger partial charge in [-0.3, -0.25) is 4.68 Å². The predicted octanol–water partition coefficient (Wildman–Crippen LogP) is 3.10. The Hall–Kier alpha value is -2.86. The van der Waals surface area contributed by atoms with Crippen LogP contribution in [0.2, 0.25) is 0 Å².